The van der Waals surface area contributed by atoms with Gasteiger partial charge in [-0.25, -0.2) is 9.07 Å². The molecule has 0 spiro atoms. The van der Waals surface area contributed by atoms with Crippen LogP contribution in [-0.2, 0) is 0 Å². The minimum Gasteiger partial charge on any atom is -0.346 e. The van der Waals surface area contributed by atoms with E-state index in [1.165, 1.54) is 23.0 Å². The molecule has 1 aromatic heterocycles. The topological polar surface area (TPSA) is 72.9 Å². The van der Waals surface area contributed by atoms with E-state index < -0.39 is 5.82 Å². The molecule has 0 unspecified atom stereocenters. The Balaban J connectivity index is 1.51. The average molecular weight is 321 g/mol. The third-order valence-corrected chi connectivity index (χ3v) is 4.77. The molecule has 0 atom stereocenters. The van der Waals surface area contributed by atoms with E-state index in [-0.39, 0.29) is 22.0 Å². The van der Waals surface area contributed by atoms with E-state index in [9.17, 15) is 9.18 Å². The lowest BCUT2D eigenvalue weighted by Crippen LogP contribution is -2.82. The molecule has 3 aliphatic rings. The maximum atomic E-state index is 13.5. The Morgan fingerprint density at radius 1 is 1.41 bits per heavy atom. The first kappa shape index (κ1) is 13.7. The van der Waals surface area contributed by atoms with Crippen LogP contribution in [0.5, 0.6) is 0 Å². The number of carbonyl (C=O) groups excluding carboxylic acids is 1. The smallest absolute Gasteiger partial charge is 0.254 e. The monoisotopic (exact) mass is 320 g/mol. The van der Waals surface area contributed by atoms with E-state index in [2.05, 4.69) is 10.4 Å². The molecule has 0 radical (unpaired) electrons. The molecule has 1 heterocycles. The molecule has 22 heavy (non-hydrogen) atoms. The predicted molar refractivity (Wildman–Crippen MR) is 79.5 cm³/mol. The fraction of sp³-hybridized carbons (Fsp3) is 0.333. The van der Waals surface area contributed by atoms with Gasteiger partial charge in [0.05, 0.1) is 22.5 Å². The Kier molecular flexibility index (Phi) is 2.68. The van der Waals surface area contributed by atoms with Crippen molar-refractivity contribution in [1.82, 2.24) is 15.1 Å². The van der Waals surface area contributed by atoms with Crippen LogP contribution >= 0.6 is 11.6 Å². The number of carbonyl (C=O) groups is 1. The molecule has 5 nitrogen and oxygen atoms in total. The van der Waals surface area contributed by atoms with Gasteiger partial charge in [0.1, 0.15) is 5.82 Å². The van der Waals surface area contributed by atoms with Crippen molar-refractivity contribution in [2.24, 2.45) is 5.73 Å². The van der Waals surface area contributed by atoms with Gasteiger partial charge >= 0.3 is 0 Å². The third kappa shape index (κ3) is 2.02. The first-order chi connectivity index (χ1) is 10.4. The second-order valence-corrected chi connectivity index (χ2v) is 6.81. The third-order valence-electron chi connectivity index (χ3n) is 4.46. The standard InChI is InChI=1S/C15H14ClFN4O/c16-11-2-1-10(3-12(11)17)21-5-9(4-19-21)13(22)20-15-6-14(18,7-15)8-15/h1-5H,6-8,18H2,(H,20,22). The Labute approximate surface area is 131 Å². The highest BCUT2D eigenvalue weighted by Gasteiger charge is 2.66. The van der Waals surface area contributed by atoms with E-state index in [0.29, 0.717) is 11.3 Å². The minimum absolute atomic E-state index is 0.0493. The molecular weight excluding hydrogens is 307 g/mol. The molecule has 0 saturated heterocycles. The van der Waals surface area contributed by atoms with E-state index in [0.717, 1.165) is 19.3 Å². The van der Waals surface area contributed by atoms with E-state index in [1.54, 1.807) is 12.3 Å². The largest absolute Gasteiger partial charge is 0.346 e. The van der Waals surface area contributed by atoms with Gasteiger partial charge < -0.3 is 11.1 Å². The van der Waals surface area contributed by atoms with Crippen LogP contribution < -0.4 is 11.1 Å². The lowest BCUT2D eigenvalue weighted by atomic mass is 9.44. The zero-order chi connectivity index (χ0) is 15.5. The highest BCUT2D eigenvalue weighted by molar-refractivity contribution is 6.30. The van der Waals surface area contributed by atoms with Gasteiger partial charge in [0, 0.05) is 23.3 Å². The maximum Gasteiger partial charge on any atom is 0.254 e. The van der Waals surface area contributed by atoms with Gasteiger partial charge in [-0.15, -0.1) is 0 Å². The Bertz CT molecular complexity index is 768. The first-order valence-corrected chi connectivity index (χ1v) is 7.38. The van der Waals surface area contributed by atoms with Gasteiger partial charge in [-0.1, -0.05) is 11.6 Å². The number of benzene rings is 1. The van der Waals surface area contributed by atoms with Crippen LogP contribution in [0.15, 0.2) is 30.6 Å². The number of aromatic nitrogens is 2. The molecule has 1 aromatic carbocycles. The van der Waals surface area contributed by atoms with Crippen molar-refractivity contribution >= 4 is 17.5 Å². The van der Waals surface area contributed by atoms with Crippen molar-refractivity contribution < 1.29 is 9.18 Å². The summed E-state index contributed by atoms with van der Waals surface area (Å²) >= 11 is 5.66. The second-order valence-electron chi connectivity index (χ2n) is 6.40. The summed E-state index contributed by atoms with van der Waals surface area (Å²) in [4.78, 5) is 12.2. The van der Waals surface area contributed by atoms with E-state index >= 15 is 0 Å². The summed E-state index contributed by atoms with van der Waals surface area (Å²) in [6.45, 7) is 0. The zero-order valence-electron chi connectivity index (χ0n) is 11.6. The predicted octanol–water partition coefficient (Wildman–Crippen LogP) is 2.03. The van der Waals surface area contributed by atoms with Crippen LogP contribution in [0.2, 0.25) is 5.02 Å². The second kappa shape index (κ2) is 4.30. The van der Waals surface area contributed by atoms with Gasteiger partial charge in [0.25, 0.3) is 5.91 Å². The van der Waals surface area contributed by atoms with Crippen LogP contribution in [-0.4, -0.2) is 26.8 Å². The normalized spacial score (nSPS) is 28.7. The molecule has 3 aliphatic carbocycles. The van der Waals surface area contributed by atoms with Crippen molar-refractivity contribution in [3.8, 4) is 5.69 Å². The van der Waals surface area contributed by atoms with E-state index in [1.807, 2.05) is 0 Å². The summed E-state index contributed by atoms with van der Waals surface area (Å²) in [5.74, 6) is -0.704. The van der Waals surface area contributed by atoms with Gasteiger partial charge in [0.15, 0.2) is 0 Å². The lowest BCUT2D eigenvalue weighted by molar-refractivity contribution is -0.0712. The maximum absolute atomic E-state index is 13.5. The number of hydrogen-bond acceptors (Lipinski definition) is 3. The SMILES string of the molecule is NC12CC(NC(=O)c3cnn(-c4ccc(Cl)c(F)c4)c3)(C1)C2. The average Bonchev–Trinajstić information content (AvgIpc) is 2.88. The van der Waals surface area contributed by atoms with Gasteiger partial charge in [-0.3, -0.25) is 4.79 Å². The summed E-state index contributed by atoms with van der Waals surface area (Å²) in [6.07, 6.45) is 5.54. The minimum atomic E-state index is -0.525. The highest BCUT2D eigenvalue weighted by atomic mass is 35.5. The van der Waals surface area contributed by atoms with Crippen molar-refractivity contribution in [2.45, 2.75) is 30.3 Å². The number of nitrogens with two attached hydrogens (primary N) is 1. The van der Waals surface area contributed by atoms with Gasteiger partial charge in [0.2, 0.25) is 0 Å². The number of rotatable bonds is 3. The molecule has 5 rings (SSSR count). The zero-order valence-corrected chi connectivity index (χ0v) is 12.4. The molecule has 3 N–H and O–H groups in total. The van der Waals surface area contributed by atoms with Crippen molar-refractivity contribution in [3.05, 3.63) is 47.0 Å². The summed E-state index contributed by atoms with van der Waals surface area (Å²) in [7, 11) is 0. The van der Waals surface area contributed by atoms with Crippen molar-refractivity contribution in [3.63, 3.8) is 0 Å². The fourth-order valence-corrected chi connectivity index (χ4v) is 3.64. The number of amides is 1. The lowest BCUT2D eigenvalue weighted by Gasteiger charge is -2.68. The van der Waals surface area contributed by atoms with Crippen LogP contribution in [0, 0.1) is 5.82 Å². The van der Waals surface area contributed by atoms with Crippen molar-refractivity contribution in [2.75, 3.05) is 0 Å². The number of hydrogen-bond donors (Lipinski definition) is 2. The van der Waals surface area contributed by atoms with Crippen LogP contribution in [0.1, 0.15) is 29.6 Å². The summed E-state index contributed by atoms with van der Waals surface area (Å²) < 4.78 is 14.9. The number of nitrogens with one attached hydrogen (secondary N) is 1. The van der Waals surface area contributed by atoms with Gasteiger partial charge in [-0.2, -0.15) is 5.10 Å². The fourth-order valence-electron chi connectivity index (χ4n) is 3.52. The molecule has 2 bridgehead atoms. The van der Waals surface area contributed by atoms with Gasteiger partial charge in [-0.05, 0) is 31.4 Å². The highest BCUT2D eigenvalue weighted by Crippen LogP contribution is 2.58. The quantitative estimate of drug-likeness (QED) is 0.909. The summed E-state index contributed by atoms with van der Waals surface area (Å²) in [6, 6.07) is 4.37. The molecule has 0 aliphatic heterocycles. The van der Waals surface area contributed by atoms with Crippen LogP contribution in [0.25, 0.3) is 5.69 Å². The number of nitrogens with zero attached hydrogens (tertiary/aromatic N) is 2. The molecule has 2 aromatic rings. The Hall–Kier alpha value is -1.92. The molecule has 1 amide bonds. The first-order valence-electron chi connectivity index (χ1n) is 7.00. The Morgan fingerprint density at radius 3 is 2.77 bits per heavy atom. The van der Waals surface area contributed by atoms with Crippen molar-refractivity contribution in [1.29, 1.82) is 0 Å². The Morgan fingerprint density at radius 2 is 2.14 bits per heavy atom. The molecule has 3 saturated carbocycles. The molecule has 114 valence electrons. The van der Waals surface area contributed by atoms with Crippen LogP contribution in [0.4, 0.5) is 4.39 Å². The summed E-state index contributed by atoms with van der Waals surface area (Å²) in [5.41, 5.74) is 6.74. The van der Waals surface area contributed by atoms with Crippen LogP contribution in [0.3, 0.4) is 0 Å². The van der Waals surface area contributed by atoms with E-state index in [4.69, 9.17) is 17.3 Å². The summed E-state index contributed by atoms with van der Waals surface area (Å²) in [5, 5.41) is 7.17. The molecular formula is C15H14ClFN4O. The molecule has 7 heteroatoms. The number of halogens is 2. The molecule has 3 fully saturated rings.